The Labute approximate surface area is 156 Å². The van der Waals surface area contributed by atoms with E-state index >= 15 is 0 Å². The van der Waals surface area contributed by atoms with Gasteiger partial charge >= 0.3 is 5.97 Å². The van der Waals surface area contributed by atoms with Crippen LogP contribution < -0.4 is 5.32 Å². The van der Waals surface area contributed by atoms with Crippen LogP contribution in [0.1, 0.15) is 30.5 Å². The normalized spacial score (nSPS) is 11.7. The summed E-state index contributed by atoms with van der Waals surface area (Å²) in [6.45, 7) is 2.00. The molecule has 1 atom stereocenters. The number of non-ortho nitro benzene ring substituents is 1. The quantitative estimate of drug-likeness (QED) is 0.333. The number of esters is 1. The number of ether oxygens (including phenoxy) is 1. The molecule has 2 rings (SSSR count). The lowest BCUT2D eigenvalue weighted by Gasteiger charge is -2.17. The number of nitro groups is 1. The van der Waals surface area contributed by atoms with Gasteiger partial charge in [0.25, 0.3) is 5.69 Å². The highest BCUT2D eigenvalue weighted by molar-refractivity contribution is 5.92. The minimum atomic E-state index is -0.515. The summed E-state index contributed by atoms with van der Waals surface area (Å²) >= 11 is 0. The fourth-order valence-corrected chi connectivity index (χ4v) is 2.42. The van der Waals surface area contributed by atoms with Crippen LogP contribution in [-0.2, 0) is 14.3 Å². The van der Waals surface area contributed by atoms with Gasteiger partial charge in [0.15, 0.2) is 0 Å². The topological polar surface area (TPSA) is 98.5 Å². The van der Waals surface area contributed by atoms with Gasteiger partial charge in [-0.3, -0.25) is 19.7 Å². The van der Waals surface area contributed by atoms with Crippen LogP contribution in [0.5, 0.6) is 0 Å². The van der Waals surface area contributed by atoms with Crippen molar-refractivity contribution in [3.8, 4) is 0 Å². The van der Waals surface area contributed by atoms with Crippen molar-refractivity contribution in [2.75, 3.05) is 6.61 Å². The van der Waals surface area contributed by atoms with Gasteiger partial charge in [-0.15, -0.1) is 0 Å². The third-order valence-electron chi connectivity index (χ3n) is 3.73. The fraction of sp³-hybridized carbons (Fsp3) is 0.200. The number of benzene rings is 2. The molecule has 0 heterocycles. The number of hydrogen-bond donors (Lipinski definition) is 1. The molecule has 2 aromatic carbocycles. The summed E-state index contributed by atoms with van der Waals surface area (Å²) in [5.74, 6) is -0.780. The molecule has 0 aromatic heterocycles. The molecule has 27 heavy (non-hydrogen) atoms. The predicted molar refractivity (Wildman–Crippen MR) is 101 cm³/mol. The zero-order valence-electron chi connectivity index (χ0n) is 14.8. The molecule has 1 unspecified atom stereocenters. The highest BCUT2D eigenvalue weighted by Crippen LogP contribution is 2.18. The average Bonchev–Trinajstić information content (AvgIpc) is 2.67. The van der Waals surface area contributed by atoms with E-state index in [1.54, 1.807) is 25.1 Å². The average molecular weight is 368 g/mol. The number of nitro benzene ring substituents is 1. The Kier molecular flexibility index (Phi) is 7.25. The highest BCUT2D eigenvalue weighted by Gasteiger charge is 2.18. The molecule has 0 saturated carbocycles. The number of carbonyl (C=O) groups excluding carboxylic acids is 2. The molecule has 140 valence electrons. The predicted octanol–water partition coefficient (Wildman–Crippen LogP) is 3.42. The molecule has 7 nitrogen and oxygen atoms in total. The first-order chi connectivity index (χ1) is 13.0. The molecule has 7 heteroatoms. The molecule has 0 aliphatic carbocycles. The van der Waals surface area contributed by atoms with Crippen LogP contribution in [0.4, 0.5) is 5.69 Å². The number of rotatable bonds is 8. The van der Waals surface area contributed by atoms with Crippen molar-refractivity contribution in [1.29, 1.82) is 0 Å². The van der Waals surface area contributed by atoms with Crippen molar-refractivity contribution in [2.24, 2.45) is 0 Å². The van der Waals surface area contributed by atoms with Gasteiger partial charge in [-0.25, -0.2) is 0 Å². The Balaban J connectivity index is 2.06. The van der Waals surface area contributed by atoms with E-state index in [1.165, 1.54) is 18.2 Å². The van der Waals surface area contributed by atoms with Gasteiger partial charge in [-0.1, -0.05) is 30.3 Å². The van der Waals surface area contributed by atoms with Crippen LogP contribution in [0.15, 0.2) is 60.7 Å². The van der Waals surface area contributed by atoms with Gasteiger partial charge < -0.3 is 10.1 Å². The zero-order valence-corrected chi connectivity index (χ0v) is 14.8. The monoisotopic (exact) mass is 368 g/mol. The molecular weight excluding hydrogens is 348 g/mol. The van der Waals surface area contributed by atoms with E-state index < -0.39 is 16.9 Å². The van der Waals surface area contributed by atoms with Gasteiger partial charge in [-0.2, -0.15) is 0 Å². The van der Waals surface area contributed by atoms with Crippen LogP contribution in [0.25, 0.3) is 6.08 Å². The summed E-state index contributed by atoms with van der Waals surface area (Å²) < 4.78 is 4.97. The fourth-order valence-electron chi connectivity index (χ4n) is 2.42. The van der Waals surface area contributed by atoms with E-state index in [2.05, 4.69) is 5.32 Å². The second-order valence-corrected chi connectivity index (χ2v) is 5.66. The molecule has 0 fully saturated rings. The van der Waals surface area contributed by atoms with Crippen LogP contribution >= 0.6 is 0 Å². The van der Waals surface area contributed by atoms with Gasteiger partial charge in [-0.05, 0) is 36.3 Å². The Bertz CT molecular complexity index is 816. The molecule has 2 aromatic rings. The van der Waals surface area contributed by atoms with Crippen molar-refractivity contribution in [1.82, 2.24) is 5.32 Å². The van der Waals surface area contributed by atoms with Crippen molar-refractivity contribution in [3.05, 3.63) is 81.9 Å². The Morgan fingerprint density at radius 1 is 1.15 bits per heavy atom. The van der Waals surface area contributed by atoms with Crippen molar-refractivity contribution in [2.45, 2.75) is 19.4 Å². The molecule has 0 spiro atoms. The Hall–Kier alpha value is -3.48. The van der Waals surface area contributed by atoms with Crippen LogP contribution in [0.2, 0.25) is 0 Å². The van der Waals surface area contributed by atoms with Crippen molar-refractivity contribution >= 4 is 23.6 Å². The largest absolute Gasteiger partial charge is 0.466 e. The van der Waals surface area contributed by atoms with Crippen LogP contribution in [0, 0.1) is 10.1 Å². The van der Waals surface area contributed by atoms with E-state index in [1.807, 2.05) is 30.3 Å². The summed E-state index contributed by atoms with van der Waals surface area (Å²) in [6, 6.07) is 14.5. The molecule has 0 saturated heterocycles. The molecular formula is C20H20N2O5. The maximum absolute atomic E-state index is 12.3. The van der Waals surface area contributed by atoms with E-state index in [4.69, 9.17) is 4.74 Å². The van der Waals surface area contributed by atoms with Crippen molar-refractivity contribution < 1.29 is 19.2 Å². The lowest BCUT2D eigenvalue weighted by molar-refractivity contribution is -0.384. The number of carbonyl (C=O) groups is 2. The summed E-state index contributed by atoms with van der Waals surface area (Å²) in [4.78, 5) is 34.3. The minimum Gasteiger partial charge on any atom is -0.466 e. The molecule has 0 radical (unpaired) electrons. The first-order valence-electron chi connectivity index (χ1n) is 8.43. The molecule has 1 amide bonds. The molecule has 1 N–H and O–H groups in total. The van der Waals surface area contributed by atoms with E-state index in [0.29, 0.717) is 5.56 Å². The number of nitrogens with zero attached hydrogens (tertiary/aromatic N) is 1. The summed E-state index contributed by atoms with van der Waals surface area (Å²) in [6.07, 6.45) is 2.89. The maximum Gasteiger partial charge on any atom is 0.308 e. The van der Waals surface area contributed by atoms with Gasteiger partial charge in [0, 0.05) is 18.2 Å². The smallest absolute Gasteiger partial charge is 0.308 e. The maximum atomic E-state index is 12.3. The van der Waals surface area contributed by atoms with Gasteiger partial charge in [0.2, 0.25) is 5.91 Å². The third kappa shape index (κ3) is 6.39. The summed E-state index contributed by atoms with van der Waals surface area (Å²) in [7, 11) is 0. The number of nitrogens with one attached hydrogen (secondary N) is 1. The van der Waals surface area contributed by atoms with Gasteiger partial charge in [0.1, 0.15) is 0 Å². The summed E-state index contributed by atoms with van der Waals surface area (Å²) in [5.41, 5.74) is 1.43. The minimum absolute atomic E-state index is 0.0184. The lowest BCUT2D eigenvalue weighted by Crippen LogP contribution is -2.29. The SMILES string of the molecule is CCOC(=O)CC(NC(=O)/C=C/c1ccc([N+](=O)[O-])cc1)c1ccccc1. The summed E-state index contributed by atoms with van der Waals surface area (Å²) in [5, 5.41) is 13.4. The van der Waals surface area contributed by atoms with Gasteiger partial charge in [0.05, 0.1) is 24.0 Å². The lowest BCUT2D eigenvalue weighted by atomic mass is 10.0. The number of amides is 1. The van der Waals surface area contributed by atoms with Crippen molar-refractivity contribution in [3.63, 3.8) is 0 Å². The molecule has 0 aliphatic rings. The zero-order chi connectivity index (χ0) is 19.6. The standard InChI is InChI=1S/C20H20N2O5/c1-2-27-20(24)14-18(16-6-4-3-5-7-16)21-19(23)13-10-15-8-11-17(12-9-15)22(25)26/h3-13,18H,2,14H2,1H3,(H,21,23)/b13-10+. The van der Waals surface area contributed by atoms with Crippen LogP contribution in [-0.4, -0.2) is 23.4 Å². The van der Waals surface area contributed by atoms with Crippen LogP contribution in [0.3, 0.4) is 0 Å². The molecule has 0 aliphatic heterocycles. The highest BCUT2D eigenvalue weighted by atomic mass is 16.6. The first-order valence-corrected chi connectivity index (χ1v) is 8.43. The second kappa shape index (κ2) is 9.86. The number of hydrogen-bond acceptors (Lipinski definition) is 5. The second-order valence-electron chi connectivity index (χ2n) is 5.66. The Morgan fingerprint density at radius 3 is 2.41 bits per heavy atom. The third-order valence-corrected chi connectivity index (χ3v) is 3.73. The molecule has 0 bridgehead atoms. The van der Waals surface area contributed by atoms with E-state index in [-0.39, 0.29) is 24.6 Å². The van der Waals surface area contributed by atoms with E-state index in [0.717, 1.165) is 5.56 Å². The Morgan fingerprint density at radius 2 is 1.81 bits per heavy atom. The first kappa shape index (κ1) is 19.8. The van der Waals surface area contributed by atoms with E-state index in [9.17, 15) is 19.7 Å².